The van der Waals surface area contributed by atoms with E-state index in [0.717, 1.165) is 63.1 Å². The molecule has 3 amide bonds. The van der Waals surface area contributed by atoms with Crippen LogP contribution < -0.4 is 16.0 Å². The largest absolute Gasteiger partial charge is 0.376 e. The minimum atomic E-state index is -1.01. The second-order valence-corrected chi connectivity index (χ2v) is 13.9. The first kappa shape index (κ1) is 35.5. The highest BCUT2D eigenvalue weighted by Crippen LogP contribution is 2.28. The average Bonchev–Trinajstić information content (AvgIpc) is 3.73. The van der Waals surface area contributed by atoms with Crippen molar-refractivity contribution in [1.29, 1.82) is 0 Å². The van der Waals surface area contributed by atoms with E-state index in [4.69, 9.17) is 0 Å². The fourth-order valence-electron chi connectivity index (χ4n) is 6.49. The molecule has 1 aromatic carbocycles. The first-order valence-electron chi connectivity index (χ1n) is 16.7. The average molecular weight is 684 g/mol. The Morgan fingerprint density at radius 1 is 1.02 bits per heavy atom. The van der Waals surface area contributed by atoms with Crippen molar-refractivity contribution >= 4 is 34.9 Å². The quantitative estimate of drug-likeness (QED) is 0.211. The summed E-state index contributed by atoms with van der Waals surface area (Å²) in [5.41, 5.74) is 0.876. The zero-order chi connectivity index (χ0) is 34.2. The summed E-state index contributed by atoms with van der Waals surface area (Å²) < 4.78 is 21.0. The first-order chi connectivity index (χ1) is 23.1. The van der Waals surface area contributed by atoms with E-state index >= 15 is 4.39 Å². The topological polar surface area (TPSA) is 158 Å². The Labute approximate surface area is 284 Å². The van der Waals surface area contributed by atoms with E-state index in [2.05, 4.69) is 35.5 Å². The molecule has 13 nitrogen and oxygen atoms in total. The van der Waals surface area contributed by atoms with Crippen molar-refractivity contribution in [2.45, 2.75) is 83.1 Å². The molecular weight excluding hydrogens is 637 g/mol. The SMILES string of the molecule is CC(C)n1nccc1C(=O)N[C@H](C(=O)Nc1ccc(C[C@@H](NC(=O)c2cnns2)C(O)N2CCN(C)CC2)cc1F)C1CCCCCC1. The monoisotopic (exact) mass is 683 g/mol. The summed E-state index contributed by atoms with van der Waals surface area (Å²) in [6.45, 7) is 6.61. The molecule has 1 unspecified atom stereocenters. The number of aliphatic hydroxyl groups is 1. The van der Waals surface area contributed by atoms with Crippen LogP contribution in [0.2, 0.25) is 0 Å². The van der Waals surface area contributed by atoms with E-state index in [-0.39, 0.29) is 24.1 Å². The van der Waals surface area contributed by atoms with E-state index in [0.29, 0.717) is 29.2 Å². The van der Waals surface area contributed by atoms with Crippen LogP contribution in [0.1, 0.15) is 84.1 Å². The van der Waals surface area contributed by atoms with Crippen LogP contribution in [-0.2, 0) is 11.2 Å². The summed E-state index contributed by atoms with van der Waals surface area (Å²) in [4.78, 5) is 44.5. The summed E-state index contributed by atoms with van der Waals surface area (Å²) in [5.74, 6) is -2.05. The standard InChI is InChI=1S/C33H46FN9O4S/c1-21(2)43-27(12-13-36-43)30(44)39-29(23-8-6-4-5-7-9-23)32(46)37-25-11-10-22(18-24(25)34)19-26(38-31(45)28-20-35-40-48-28)33(47)42-16-14-41(3)15-17-42/h10-13,18,20-21,23,26,29,33,47H,4-9,14-17,19H2,1-3H3,(H,37,46)(H,38,45)(H,39,44)/t26-,29+,33?/m1/s1. The number of carbonyl (C=O) groups excluding carboxylic acids is 3. The smallest absolute Gasteiger partial charge is 0.270 e. The third-order valence-electron chi connectivity index (χ3n) is 9.25. The molecule has 2 fully saturated rings. The molecule has 3 aromatic rings. The second-order valence-electron chi connectivity index (χ2n) is 13.1. The normalized spacial score (nSPS) is 18.5. The van der Waals surface area contributed by atoms with Gasteiger partial charge in [-0.2, -0.15) is 5.10 Å². The van der Waals surface area contributed by atoms with Crippen LogP contribution in [0.4, 0.5) is 10.1 Å². The number of anilines is 1. The Morgan fingerprint density at radius 2 is 1.75 bits per heavy atom. The summed E-state index contributed by atoms with van der Waals surface area (Å²) in [6, 6.07) is 4.43. The van der Waals surface area contributed by atoms with E-state index < -0.39 is 41.9 Å². The number of aromatic nitrogens is 4. The number of rotatable bonds is 12. The molecule has 1 aliphatic heterocycles. The molecule has 1 saturated carbocycles. The molecule has 4 N–H and O–H groups in total. The molecule has 48 heavy (non-hydrogen) atoms. The number of nitrogens with one attached hydrogen (secondary N) is 3. The molecule has 5 rings (SSSR count). The Morgan fingerprint density at radius 3 is 2.40 bits per heavy atom. The van der Waals surface area contributed by atoms with Crippen molar-refractivity contribution in [1.82, 2.24) is 39.8 Å². The molecule has 2 aromatic heterocycles. The van der Waals surface area contributed by atoms with Crippen molar-refractivity contribution in [2.75, 3.05) is 38.5 Å². The molecule has 0 radical (unpaired) electrons. The van der Waals surface area contributed by atoms with Crippen LogP contribution in [0.15, 0.2) is 36.7 Å². The van der Waals surface area contributed by atoms with E-state index in [1.807, 2.05) is 25.8 Å². The maximum atomic E-state index is 15.6. The number of halogens is 1. The molecule has 0 spiro atoms. The van der Waals surface area contributed by atoms with Gasteiger partial charge < -0.3 is 26.0 Å². The lowest BCUT2D eigenvalue weighted by molar-refractivity contribution is -0.119. The minimum absolute atomic E-state index is 0.0141. The Bertz CT molecular complexity index is 1520. The lowest BCUT2D eigenvalue weighted by atomic mass is 9.91. The van der Waals surface area contributed by atoms with Gasteiger partial charge >= 0.3 is 0 Å². The summed E-state index contributed by atoms with van der Waals surface area (Å²) in [6.07, 6.45) is 7.66. The third-order valence-corrected chi connectivity index (χ3v) is 9.92. The number of aliphatic hydroxyl groups excluding tert-OH is 1. The molecule has 260 valence electrons. The number of benzene rings is 1. The molecule has 1 aliphatic carbocycles. The van der Waals surface area contributed by atoms with Crippen molar-refractivity contribution in [3.05, 3.63) is 58.6 Å². The van der Waals surface area contributed by atoms with Gasteiger partial charge in [0.05, 0.1) is 17.9 Å². The lowest BCUT2D eigenvalue weighted by Crippen LogP contribution is -2.57. The third kappa shape index (κ3) is 9.01. The van der Waals surface area contributed by atoms with Crippen LogP contribution in [0.3, 0.4) is 0 Å². The fourth-order valence-corrected chi connectivity index (χ4v) is 6.91. The van der Waals surface area contributed by atoms with E-state index in [1.165, 1.54) is 18.3 Å². The van der Waals surface area contributed by atoms with Crippen LogP contribution >= 0.6 is 11.5 Å². The number of likely N-dealkylation sites (N-methyl/N-ethyl adjacent to an activating group) is 1. The molecule has 15 heteroatoms. The molecule has 1 saturated heterocycles. The molecular formula is C33H46FN9O4S. The Kier molecular flexibility index (Phi) is 12.2. The molecule has 3 atom stereocenters. The van der Waals surface area contributed by atoms with Gasteiger partial charge in [0.2, 0.25) is 5.91 Å². The number of hydrogen-bond acceptors (Lipinski definition) is 10. The van der Waals surface area contributed by atoms with E-state index in [9.17, 15) is 19.5 Å². The summed E-state index contributed by atoms with van der Waals surface area (Å²) in [7, 11) is 2.01. The first-order valence-corrected chi connectivity index (χ1v) is 17.5. The highest BCUT2D eigenvalue weighted by Gasteiger charge is 2.33. The number of hydrogen-bond donors (Lipinski definition) is 4. The van der Waals surface area contributed by atoms with Crippen LogP contribution in [-0.4, -0.2) is 104 Å². The van der Waals surface area contributed by atoms with Gasteiger partial charge in [0.25, 0.3) is 11.8 Å². The highest BCUT2D eigenvalue weighted by molar-refractivity contribution is 7.07. The van der Waals surface area contributed by atoms with Gasteiger partial charge in [-0.3, -0.25) is 24.0 Å². The van der Waals surface area contributed by atoms with Crippen molar-refractivity contribution in [3.8, 4) is 0 Å². The zero-order valence-electron chi connectivity index (χ0n) is 27.8. The predicted molar refractivity (Wildman–Crippen MR) is 180 cm³/mol. The van der Waals surface area contributed by atoms with Crippen LogP contribution in [0.25, 0.3) is 0 Å². The summed E-state index contributed by atoms with van der Waals surface area (Å²) in [5, 5.41) is 27.9. The van der Waals surface area contributed by atoms with Gasteiger partial charge in [-0.1, -0.05) is 36.2 Å². The maximum Gasteiger partial charge on any atom is 0.270 e. The molecule has 2 aliphatic rings. The molecule has 0 bridgehead atoms. The predicted octanol–water partition coefficient (Wildman–Crippen LogP) is 3.07. The second kappa shape index (κ2) is 16.5. The van der Waals surface area contributed by atoms with Gasteiger partial charge in [0, 0.05) is 38.4 Å². The van der Waals surface area contributed by atoms with Gasteiger partial charge in [0.15, 0.2) is 0 Å². The molecule has 3 heterocycles. The van der Waals surface area contributed by atoms with Crippen molar-refractivity contribution < 1.29 is 23.9 Å². The van der Waals surface area contributed by atoms with Gasteiger partial charge in [-0.25, -0.2) is 4.39 Å². The lowest BCUT2D eigenvalue weighted by Gasteiger charge is -2.38. The van der Waals surface area contributed by atoms with Crippen LogP contribution in [0, 0.1) is 11.7 Å². The number of piperazine rings is 1. The van der Waals surface area contributed by atoms with E-state index in [1.54, 1.807) is 23.0 Å². The number of nitrogens with zero attached hydrogens (tertiary/aromatic N) is 6. The Hall–Kier alpha value is -3.79. The minimum Gasteiger partial charge on any atom is -0.376 e. The summed E-state index contributed by atoms with van der Waals surface area (Å²) >= 11 is 0.949. The fraction of sp³-hybridized carbons (Fsp3) is 0.576. The van der Waals surface area contributed by atoms with Crippen LogP contribution in [0.5, 0.6) is 0 Å². The van der Waals surface area contributed by atoms with Gasteiger partial charge in [-0.15, -0.1) is 5.10 Å². The zero-order valence-corrected chi connectivity index (χ0v) is 28.6. The Balaban J connectivity index is 1.31. The van der Waals surface area contributed by atoms with Crippen molar-refractivity contribution in [3.63, 3.8) is 0 Å². The number of amides is 3. The van der Waals surface area contributed by atoms with Gasteiger partial charge in [-0.05, 0) is 81.4 Å². The number of carbonyl (C=O) groups is 3. The highest BCUT2D eigenvalue weighted by atomic mass is 32.1. The maximum absolute atomic E-state index is 15.6. The van der Waals surface area contributed by atoms with Crippen molar-refractivity contribution in [2.24, 2.45) is 5.92 Å². The van der Waals surface area contributed by atoms with Gasteiger partial charge in [0.1, 0.15) is 28.7 Å².